The van der Waals surface area contributed by atoms with Gasteiger partial charge in [0.05, 0.1) is 12.4 Å². The average molecular weight is 410 g/mol. The van der Waals surface area contributed by atoms with Crippen LogP contribution >= 0.6 is 11.8 Å². The van der Waals surface area contributed by atoms with Gasteiger partial charge < -0.3 is 10.1 Å². The lowest BCUT2D eigenvalue weighted by atomic mass is 10.0. The minimum Gasteiger partial charge on any atom is -0.368 e. The maximum absolute atomic E-state index is 12.9. The van der Waals surface area contributed by atoms with E-state index in [-0.39, 0.29) is 17.8 Å². The summed E-state index contributed by atoms with van der Waals surface area (Å²) in [6, 6.07) is 26.4. The molecule has 3 nitrogen and oxygen atoms in total. The third-order valence-corrected chi connectivity index (χ3v) is 5.27. The Bertz CT molecular complexity index is 833. The zero-order valence-corrected chi connectivity index (χ0v) is 16.9. The maximum atomic E-state index is 12.9. The van der Waals surface area contributed by atoms with E-state index in [4.69, 9.17) is 4.74 Å². The van der Waals surface area contributed by atoms with Crippen molar-refractivity contribution in [2.45, 2.75) is 12.6 Å². The standard InChI is InChI=1S/C24H24FNO2S/c25-22-13-11-19(12-14-22)17-26-23(27)18-29-16-15-28-24(20-7-3-1-4-8-20)21-9-5-2-6-10-21/h1-14,24H,15-18H2,(H,26,27). The summed E-state index contributed by atoms with van der Waals surface area (Å²) in [6.07, 6.45) is -0.120. The lowest BCUT2D eigenvalue weighted by Crippen LogP contribution is -2.24. The van der Waals surface area contributed by atoms with Gasteiger partial charge in [0.1, 0.15) is 11.9 Å². The van der Waals surface area contributed by atoms with E-state index >= 15 is 0 Å². The van der Waals surface area contributed by atoms with Crippen LogP contribution in [-0.4, -0.2) is 24.0 Å². The molecule has 0 aromatic heterocycles. The summed E-state index contributed by atoms with van der Waals surface area (Å²) in [5.74, 6) is 0.772. The minimum atomic E-state index is -0.278. The van der Waals surface area contributed by atoms with E-state index in [9.17, 15) is 9.18 Å². The molecule has 0 fully saturated rings. The van der Waals surface area contributed by atoms with Crippen molar-refractivity contribution >= 4 is 17.7 Å². The number of hydrogen-bond donors (Lipinski definition) is 1. The van der Waals surface area contributed by atoms with Gasteiger partial charge >= 0.3 is 0 Å². The van der Waals surface area contributed by atoms with Crippen molar-refractivity contribution in [3.8, 4) is 0 Å². The number of carbonyl (C=O) groups excluding carboxylic acids is 1. The number of halogens is 1. The molecular weight excluding hydrogens is 385 g/mol. The van der Waals surface area contributed by atoms with Crippen molar-refractivity contribution in [3.63, 3.8) is 0 Å². The Labute approximate surface area is 175 Å². The summed E-state index contributed by atoms with van der Waals surface area (Å²) in [5, 5.41) is 2.85. The lowest BCUT2D eigenvalue weighted by Gasteiger charge is -2.19. The molecule has 0 spiro atoms. The van der Waals surface area contributed by atoms with Crippen LogP contribution in [0.25, 0.3) is 0 Å². The van der Waals surface area contributed by atoms with E-state index in [1.165, 1.54) is 23.9 Å². The number of rotatable bonds is 10. The number of benzene rings is 3. The fraction of sp³-hybridized carbons (Fsp3) is 0.208. The van der Waals surface area contributed by atoms with Gasteiger partial charge in [-0.2, -0.15) is 0 Å². The molecule has 3 aromatic rings. The summed E-state index contributed by atoms with van der Waals surface area (Å²) in [4.78, 5) is 12.0. The first kappa shape index (κ1) is 21.1. The molecule has 0 aliphatic heterocycles. The normalized spacial score (nSPS) is 10.8. The Morgan fingerprint density at radius 3 is 2.07 bits per heavy atom. The fourth-order valence-electron chi connectivity index (χ4n) is 2.88. The third-order valence-electron chi connectivity index (χ3n) is 4.35. The molecule has 1 amide bonds. The molecule has 0 aliphatic carbocycles. The number of thioether (sulfide) groups is 1. The second-order valence-electron chi connectivity index (χ2n) is 6.53. The van der Waals surface area contributed by atoms with Crippen molar-refractivity contribution < 1.29 is 13.9 Å². The zero-order valence-electron chi connectivity index (χ0n) is 16.1. The minimum absolute atomic E-state index is 0.0398. The van der Waals surface area contributed by atoms with Gasteiger partial charge in [0, 0.05) is 12.3 Å². The third kappa shape index (κ3) is 7.04. The zero-order chi connectivity index (χ0) is 20.3. The van der Waals surface area contributed by atoms with Gasteiger partial charge in [-0.05, 0) is 28.8 Å². The van der Waals surface area contributed by atoms with E-state index in [2.05, 4.69) is 29.6 Å². The summed E-state index contributed by atoms with van der Waals surface area (Å²) in [6.45, 7) is 0.949. The second-order valence-corrected chi connectivity index (χ2v) is 7.63. The molecule has 0 aliphatic rings. The molecule has 1 N–H and O–H groups in total. The molecule has 150 valence electrons. The largest absolute Gasteiger partial charge is 0.368 e. The summed E-state index contributed by atoms with van der Waals surface area (Å²) in [7, 11) is 0. The summed E-state index contributed by atoms with van der Waals surface area (Å²) >= 11 is 1.53. The molecule has 0 bridgehead atoms. The first-order valence-electron chi connectivity index (χ1n) is 9.53. The van der Waals surface area contributed by atoms with Crippen LogP contribution in [0.2, 0.25) is 0 Å². The van der Waals surface area contributed by atoms with Crippen molar-refractivity contribution in [3.05, 3.63) is 107 Å². The second kappa shape index (κ2) is 11.4. The molecule has 29 heavy (non-hydrogen) atoms. The highest BCUT2D eigenvalue weighted by Gasteiger charge is 2.14. The maximum Gasteiger partial charge on any atom is 0.230 e. The van der Waals surface area contributed by atoms with Crippen LogP contribution in [0.15, 0.2) is 84.9 Å². The topological polar surface area (TPSA) is 38.3 Å². The van der Waals surface area contributed by atoms with Crippen LogP contribution in [0.3, 0.4) is 0 Å². The molecule has 3 aromatic carbocycles. The van der Waals surface area contributed by atoms with E-state index in [0.29, 0.717) is 18.9 Å². The lowest BCUT2D eigenvalue weighted by molar-refractivity contribution is -0.118. The molecular formula is C24H24FNO2S. The molecule has 0 radical (unpaired) electrons. The van der Waals surface area contributed by atoms with Crippen molar-refractivity contribution in [2.24, 2.45) is 0 Å². The van der Waals surface area contributed by atoms with Crippen LogP contribution in [-0.2, 0) is 16.1 Å². The smallest absolute Gasteiger partial charge is 0.230 e. The van der Waals surface area contributed by atoms with Gasteiger partial charge in [0.25, 0.3) is 0 Å². The quantitative estimate of drug-likeness (QED) is 0.480. The summed E-state index contributed by atoms with van der Waals surface area (Å²) < 4.78 is 19.0. The summed E-state index contributed by atoms with van der Waals surface area (Å²) in [5.41, 5.74) is 3.10. The van der Waals surface area contributed by atoms with Crippen LogP contribution in [0.4, 0.5) is 4.39 Å². The van der Waals surface area contributed by atoms with Crippen LogP contribution in [0.5, 0.6) is 0 Å². The Kier molecular flexibility index (Phi) is 8.28. The molecule has 0 atom stereocenters. The average Bonchev–Trinajstić information content (AvgIpc) is 2.77. The number of nitrogens with one attached hydrogen (secondary N) is 1. The van der Waals surface area contributed by atoms with Gasteiger partial charge in [-0.25, -0.2) is 4.39 Å². The van der Waals surface area contributed by atoms with Crippen LogP contribution in [0, 0.1) is 5.82 Å². The van der Waals surface area contributed by atoms with Crippen molar-refractivity contribution in [1.29, 1.82) is 0 Å². The van der Waals surface area contributed by atoms with Crippen molar-refractivity contribution in [1.82, 2.24) is 5.32 Å². The first-order chi connectivity index (χ1) is 14.2. The Morgan fingerprint density at radius 2 is 1.48 bits per heavy atom. The molecule has 0 heterocycles. The Morgan fingerprint density at radius 1 is 0.897 bits per heavy atom. The Hall–Kier alpha value is -2.63. The van der Waals surface area contributed by atoms with Gasteiger partial charge in [-0.1, -0.05) is 72.8 Å². The predicted octanol–water partition coefficient (Wildman–Crippen LogP) is 4.98. The monoisotopic (exact) mass is 409 g/mol. The molecule has 0 saturated carbocycles. The molecule has 5 heteroatoms. The van der Waals surface area contributed by atoms with Gasteiger partial charge in [0.2, 0.25) is 5.91 Å². The highest BCUT2D eigenvalue weighted by Crippen LogP contribution is 2.25. The van der Waals surface area contributed by atoms with Crippen LogP contribution in [0.1, 0.15) is 22.8 Å². The highest BCUT2D eigenvalue weighted by molar-refractivity contribution is 7.99. The molecule has 0 saturated heterocycles. The molecule has 0 unspecified atom stereocenters. The van der Waals surface area contributed by atoms with E-state index in [1.807, 2.05) is 36.4 Å². The van der Waals surface area contributed by atoms with E-state index < -0.39 is 0 Å². The van der Waals surface area contributed by atoms with Gasteiger partial charge in [-0.15, -0.1) is 11.8 Å². The fourth-order valence-corrected chi connectivity index (χ4v) is 3.53. The Balaban J connectivity index is 1.41. The van der Waals surface area contributed by atoms with Gasteiger partial charge in [0.15, 0.2) is 0 Å². The number of ether oxygens (including phenoxy) is 1. The molecule has 3 rings (SSSR count). The van der Waals surface area contributed by atoms with Gasteiger partial charge in [-0.3, -0.25) is 4.79 Å². The number of hydrogen-bond acceptors (Lipinski definition) is 3. The van der Waals surface area contributed by atoms with Crippen LogP contribution < -0.4 is 5.32 Å². The number of amides is 1. The van der Waals surface area contributed by atoms with E-state index in [0.717, 1.165) is 22.4 Å². The number of carbonyl (C=O) groups is 1. The first-order valence-corrected chi connectivity index (χ1v) is 10.7. The van der Waals surface area contributed by atoms with E-state index in [1.54, 1.807) is 12.1 Å². The van der Waals surface area contributed by atoms with Crippen molar-refractivity contribution in [2.75, 3.05) is 18.1 Å². The highest BCUT2D eigenvalue weighted by atomic mass is 32.2. The SMILES string of the molecule is O=C(CSCCOC(c1ccccc1)c1ccccc1)NCc1ccc(F)cc1. The predicted molar refractivity (Wildman–Crippen MR) is 116 cm³/mol.